The van der Waals surface area contributed by atoms with Gasteiger partial charge in [0.25, 0.3) is 5.92 Å². The Balaban J connectivity index is 2.12. The molecule has 1 aliphatic heterocycles. The van der Waals surface area contributed by atoms with E-state index in [9.17, 15) is 13.6 Å². The molecule has 1 amide bonds. The molecule has 2 rings (SSSR count). The van der Waals surface area contributed by atoms with Gasteiger partial charge >= 0.3 is 0 Å². The summed E-state index contributed by atoms with van der Waals surface area (Å²) < 4.78 is 26.7. The van der Waals surface area contributed by atoms with E-state index in [1.165, 1.54) is 4.90 Å². The largest absolute Gasteiger partial charge is 0.333 e. The number of rotatable bonds is 1. The van der Waals surface area contributed by atoms with Gasteiger partial charge in [0, 0.05) is 13.0 Å². The molecule has 0 aromatic heterocycles. The highest BCUT2D eigenvalue weighted by Crippen LogP contribution is 2.40. The van der Waals surface area contributed by atoms with Crippen LogP contribution in [-0.4, -0.2) is 34.1 Å². The molecule has 0 radical (unpaired) electrons. The maximum atomic E-state index is 13.4. The van der Waals surface area contributed by atoms with Gasteiger partial charge in [-0.1, -0.05) is 15.9 Å². The summed E-state index contributed by atoms with van der Waals surface area (Å²) in [5.41, 5.74) is 0. The Hall–Kier alpha value is -0.190. The quantitative estimate of drug-likeness (QED) is 0.667. The third kappa shape index (κ3) is 1.55. The molecule has 0 N–H and O–H groups in total. The predicted octanol–water partition coefficient (Wildman–Crippen LogP) is 2.17. The molecule has 0 aromatic rings. The van der Waals surface area contributed by atoms with Gasteiger partial charge in [-0.15, -0.1) is 0 Å². The number of carbonyl (C=O) groups excluding carboxylic acids is 1. The molecule has 2 aliphatic rings. The molecular weight excluding hydrogens is 256 g/mol. The zero-order chi connectivity index (χ0) is 10.3. The normalized spacial score (nSPS) is 36.8. The zero-order valence-corrected chi connectivity index (χ0v) is 9.27. The summed E-state index contributed by atoms with van der Waals surface area (Å²) in [6.45, 7) is 0.467. The van der Waals surface area contributed by atoms with Crippen LogP contribution in [0.4, 0.5) is 8.78 Å². The first kappa shape index (κ1) is 10.3. The molecule has 0 spiro atoms. The molecule has 1 heterocycles. The topological polar surface area (TPSA) is 20.3 Å². The van der Waals surface area contributed by atoms with Crippen LogP contribution in [0.1, 0.15) is 25.7 Å². The number of amides is 1. The first-order chi connectivity index (χ1) is 6.52. The van der Waals surface area contributed by atoms with E-state index in [1.54, 1.807) is 0 Å². The molecule has 80 valence electrons. The summed E-state index contributed by atoms with van der Waals surface area (Å²) in [7, 11) is 0. The van der Waals surface area contributed by atoms with E-state index >= 15 is 0 Å². The smallest absolute Gasteiger partial charge is 0.268 e. The van der Waals surface area contributed by atoms with Crippen molar-refractivity contribution in [2.75, 3.05) is 6.54 Å². The summed E-state index contributed by atoms with van der Waals surface area (Å²) in [4.78, 5) is 12.6. The third-order valence-corrected chi connectivity index (χ3v) is 3.88. The first-order valence-corrected chi connectivity index (χ1v) is 5.76. The average molecular weight is 268 g/mol. The fourth-order valence-corrected chi connectivity index (χ4v) is 2.74. The van der Waals surface area contributed by atoms with E-state index in [2.05, 4.69) is 15.9 Å². The Bertz CT molecular complexity index is 259. The second-order valence-corrected chi connectivity index (χ2v) is 5.06. The van der Waals surface area contributed by atoms with Crippen molar-refractivity contribution >= 4 is 21.8 Å². The second-order valence-electron chi connectivity index (χ2n) is 3.96. The Kier molecular flexibility index (Phi) is 2.53. The fourth-order valence-electron chi connectivity index (χ4n) is 2.27. The minimum atomic E-state index is -2.67. The van der Waals surface area contributed by atoms with E-state index < -0.39 is 12.0 Å². The average Bonchev–Trinajstić information content (AvgIpc) is 2.59. The summed E-state index contributed by atoms with van der Waals surface area (Å²) in [5.74, 6) is -2.84. The van der Waals surface area contributed by atoms with Gasteiger partial charge in [-0.3, -0.25) is 4.79 Å². The number of hydrogen-bond acceptors (Lipinski definition) is 1. The number of halogens is 3. The van der Waals surface area contributed by atoms with Crippen molar-refractivity contribution in [2.24, 2.45) is 0 Å². The highest BCUT2D eigenvalue weighted by Gasteiger charge is 2.50. The fraction of sp³-hybridized carbons (Fsp3) is 0.889. The van der Waals surface area contributed by atoms with Gasteiger partial charge in [0.15, 0.2) is 0 Å². The molecule has 1 aliphatic carbocycles. The highest BCUT2D eigenvalue weighted by molar-refractivity contribution is 9.10. The van der Waals surface area contributed by atoms with Crippen molar-refractivity contribution in [2.45, 2.75) is 42.5 Å². The van der Waals surface area contributed by atoms with Gasteiger partial charge in [0.1, 0.15) is 0 Å². The lowest BCUT2D eigenvalue weighted by atomic mass is 10.2. The molecule has 1 saturated carbocycles. The number of alkyl halides is 3. The predicted molar refractivity (Wildman–Crippen MR) is 51.6 cm³/mol. The van der Waals surface area contributed by atoms with E-state index in [1.807, 2.05) is 0 Å². The molecule has 2 unspecified atom stereocenters. The molecule has 0 bridgehead atoms. The van der Waals surface area contributed by atoms with Crippen LogP contribution < -0.4 is 0 Å². The van der Waals surface area contributed by atoms with E-state index in [0.29, 0.717) is 25.8 Å². The van der Waals surface area contributed by atoms with Crippen LogP contribution in [0, 0.1) is 0 Å². The van der Waals surface area contributed by atoms with Crippen LogP contribution in [0.25, 0.3) is 0 Å². The number of likely N-dealkylation sites (tertiary alicyclic amines) is 1. The Morgan fingerprint density at radius 1 is 1.43 bits per heavy atom. The van der Waals surface area contributed by atoms with Gasteiger partial charge < -0.3 is 4.90 Å². The Labute approximate surface area is 89.8 Å². The molecule has 1 saturated heterocycles. The van der Waals surface area contributed by atoms with Crippen molar-refractivity contribution in [1.29, 1.82) is 0 Å². The van der Waals surface area contributed by atoms with E-state index in [4.69, 9.17) is 0 Å². The van der Waals surface area contributed by atoms with Crippen LogP contribution in [-0.2, 0) is 4.79 Å². The van der Waals surface area contributed by atoms with Crippen molar-refractivity contribution in [3.8, 4) is 0 Å². The lowest BCUT2D eigenvalue weighted by molar-refractivity contribution is -0.137. The summed E-state index contributed by atoms with van der Waals surface area (Å²) in [6.07, 6.45) is 1.53. The lowest BCUT2D eigenvalue weighted by Crippen LogP contribution is -2.45. The minimum Gasteiger partial charge on any atom is -0.333 e. The molecule has 14 heavy (non-hydrogen) atoms. The summed E-state index contributed by atoms with van der Waals surface area (Å²) in [6, 6.07) is -0.849. The Morgan fingerprint density at radius 2 is 2.14 bits per heavy atom. The molecular formula is C9H12BrF2NO. The van der Waals surface area contributed by atoms with Gasteiger partial charge in [-0.2, -0.15) is 0 Å². The maximum absolute atomic E-state index is 13.4. The van der Waals surface area contributed by atoms with Gasteiger partial charge in [-0.25, -0.2) is 8.78 Å². The highest BCUT2D eigenvalue weighted by atomic mass is 79.9. The van der Waals surface area contributed by atoms with Gasteiger partial charge in [0.2, 0.25) is 5.91 Å². The van der Waals surface area contributed by atoms with Crippen LogP contribution >= 0.6 is 15.9 Å². The molecule has 2 fully saturated rings. The van der Waals surface area contributed by atoms with Crippen molar-refractivity contribution in [3.63, 3.8) is 0 Å². The second kappa shape index (κ2) is 3.43. The van der Waals surface area contributed by atoms with Crippen LogP contribution in [0.5, 0.6) is 0 Å². The third-order valence-electron chi connectivity index (χ3n) is 3.03. The monoisotopic (exact) mass is 267 g/mol. The van der Waals surface area contributed by atoms with Gasteiger partial charge in [0.05, 0.1) is 10.9 Å². The van der Waals surface area contributed by atoms with Crippen molar-refractivity contribution in [1.82, 2.24) is 4.90 Å². The van der Waals surface area contributed by atoms with Crippen molar-refractivity contribution in [3.05, 3.63) is 0 Å². The van der Waals surface area contributed by atoms with Crippen molar-refractivity contribution < 1.29 is 13.6 Å². The minimum absolute atomic E-state index is 0.0750. The SMILES string of the molecule is O=C1C(Br)CCN1C1CCCC1(F)F. The summed E-state index contributed by atoms with van der Waals surface area (Å²) >= 11 is 3.19. The number of hydrogen-bond donors (Lipinski definition) is 0. The standard InChI is InChI=1S/C9H12BrF2NO/c10-6-3-5-13(8(6)14)7-2-1-4-9(7,11)12/h6-7H,1-5H2. The van der Waals surface area contributed by atoms with Crippen LogP contribution in [0.15, 0.2) is 0 Å². The zero-order valence-electron chi connectivity index (χ0n) is 7.68. The molecule has 2 nitrogen and oxygen atoms in total. The van der Waals surface area contributed by atoms with Crippen LogP contribution in [0.2, 0.25) is 0 Å². The van der Waals surface area contributed by atoms with E-state index in [0.717, 1.165) is 0 Å². The number of carbonyl (C=O) groups is 1. The summed E-state index contributed by atoms with van der Waals surface area (Å²) in [5, 5.41) is 0. The molecule has 2 atom stereocenters. The Morgan fingerprint density at radius 3 is 2.57 bits per heavy atom. The lowest BCUT2D eigenvalue weighted by Gasteiger charge is -2.28. The van der Waals surface area contributed by atoms with Crippen LogP contribution in [0.3, 0.4) is 0 Å². The van der Waals surface area contributed by atoms with E-state index in [-0.39, 0.29) is 17.2 Å². The van der Waals surface area contributed by atoms with Gasteiger partial charge in [-0.05, 0) is 19.3 Å². The first-order valence-electron chi connectivity index (χ1n) is 4.85. The maximum Gasteiger partial charge on any atom is 0.268 e. The number of nitrogens with zero attached hydrogens (tertiary/aromatic N) is 1. The molecule has 5 heteroatoms. The molecule has 0 aromatic carbocycles.